The maximum atomic E-state index is 14.0. The summed E-state index contributed by atoms with van der Waals surface area (Å²) in [5.41, 5.74) is 0. The molecule has 0 radical (unpaired) electrons. The lowest BCUT2D eigenvalue weighted by Crippen LogP contribution is -2.47. The molecule has 0 N–H and O–H groups in total. The van der Waals surface area contributed by atoms with Crippen molar-refractivity contribution in [2.24, 2.45) is 0 Å². The molecule has 3 rings (SSSR count). The highest BCUT2D eigenvalue weighted by atomic mass is 79.9. The topological polar surface area (TPSA) is 54.4 Å². The van der Waals surface area contributed by atoms with Crippen LogP contribution in [0.25, 0.3) is 0 Å². The van der Waals surface area contributed by atoms with Crippen molar-refractivity contribution in [1.29, 1.82) is 0 Å². The van der Waals surface area contributed by atoms with Crippen LogP contribution in [0.5, 0.6) is 5.88 Å². The summed E-state index contributed by atoms with van der Waals surface area (Å²) in [6, 6.07) is 3.23. The second kappa shape index (κ2) is 6.43. The minimum atomic E-state index is -0.313. The number of ether oxygens (including phenoxy) is 1. The van der Waals surface area contributed by atoms with Gasteiger partial charge < -0.3 is 14.5 Å². The van der Waals surface area contributed by atoms with E-state index in [4.69, 9.17) is 4.74 Å². The number of anilines is 2. The molecule has 116 valence electrons. The van der Waals surface area contributed by atoms with Crippen molar-refractivity contribution in [3.05, 3.63) is 34.9 Å². The third-order valence-corrected chi connectivity index (χ3v) is 3.96. The molecule has 8 heteroatoms. The molecular formula is C14H15BrFN5O. The highest BCUT2D eigenvalue weighted by Crippen LogP contribution is 2.23. The third-order valence-electron chi connectivity index (χ3n) is 3.53. The Morgan fingerprint density at radius 1 is 1.09 bits per heavy atom. The fraction of sp³-hybridized carbons (Fsp3) is 0.357. The lowest BCUT2D eigenvalue weighted by atomic mass is 10.3. The minimum absolute atomic E-state index is 0.313. The van der Waals surface area contributed by atoms with Crippen molar-refractivity contribution in [2.45, 2.75) is 0 Å². The van der Waals surface area contributed by atoms with Crippen LogP contribution in [0.15, 0.2) is 29.1 Å². The molecule has 1 fully saturated rings. The van der Waals surface area contributed by atoms with Gasteiger partial charge in [-0.1, -0.05) is 0 Å². The molecule has 3 heterocycles. The van der Waals surface area contributed by atoms with Crippen LogP contribution in [0, 0.1) is 5.82 Å². The van der Waals surface area contributed by atoms with E-state index in [1.807, 2.05) is 4.90 Å². The van der Waals surface area contributed by atoms with Crippen LogP contribution in [-0.2, 0) is 0 Å². The zero-order valence-corrected chi connectivity index (χ0v) is 13.6. The molecule has 22 heavy (non-hydrogen) atoms. The average Bonchev–Trinajstić information content (AvgIpc) is 2.55. The van der Waals surface area contributed by atoms with Gasteiger partial charge in [-0.25, -0.2) is 19.3 Å². The third kappa shape index (κ3) is 3.11. The van der Waals surface area contributed by atoms with Gasteiger partial charge in [0.25, 0.3) is 0 Å². The highest BCUT2D eigenvalue weighted by Gasteiger charge is 2.21. The summed E-state index contributed by atoms with van der Waals surface area (Å²) < 4.78 is 19.7. The molecule has 2 aromatic heterocycles. The second-order valence-electron chi connectivity index (χ2n) is 4.85. The molecule has 0 unspecified atom stereocenters. The first-order valence-corrected chi connectivity index (χ1v) is 7.63. The van der Waals surface area contributed by atoms with Gasteiger partial charge in [0.2, 0.25) is 5.88 Å². The normalized spacial score (nSPS) is 15.0. The van der Waals surface area contributed by atoms with Gasteiger partial charge in [0.05, 0.1) is 7.11 Å². The maximum absolute atomic E-state index is 14.0. The quantitative estimate of drug-likeness (QED) is 0.827. The number of halogens is 2. The minimum Gasteiger partial charge on any atom is -0.481 e. The summed E-state index contributed by atoms with van der Waals surface area (Å²) >= 11 is 3.22. The Labute approximate surface area is 136 Å². The van der Waals surface area contributed by atoms with E-state index in [9.17, 15) is 4.39 Å². The first-order valence-electron chi connectivity index (χ1n) is 6.84. The molecule has 0 bridgehead atoms. The van der Waals surface area contributed by atoms with Crippen molar-refractivity contribution in [3.8, 4) is 5.88 Å². The van der Waals surface area contributed by atoms with Crippen LogP contribution in [0.1, 0.15) is 0 Å². The van der Waals surface area contributed by atoms with Gasteiger partial charge in [0, 0.05) is 42.9 Å². The first-order chi connectivity index (χ1) is 10.7. The van der Waals surface area contributed by atoms with Gasteiger partial charge >= 0.3 is 0 Å². The van der Waals surface area contributed by atoms with Crippen LogP contribution in [0.2, 0.25) is 0 Å². The van der Waals surface area contributed by atoms with E-state index >= 15 is 0 Å². The number of pyridine rings is 1. The molecule has 0 amide bonds. The Morgan fingerprint density at radius 2 is 1.82 bits per heavy atom. The van der Waals surface area contributed by atoms with E-state index in [0.29, 0.717) is 29.3 Å². The van der Waals surface area contributed by atoms with Crippen molar-refractivity contribution in [2.75, 3.05) is 43.1 Å². The number of aromatic nitrogens is 3. The smallest absolute Gasteiger partial charge is 0.218 e. The van der Waals surface area contributed by atoms with E-state index < -0.39 is 0 Å². The van der Waals surface area contributed by atoms with Crippen molar-refractivity contribution in [1.82, 2.24) is 15.0 Å². The Morgan fingerprint density at radius 3 is 2.50 bits per heavy atom. The predicted octanol–water partition coefficient (Wildman–Crippen LogP) is 2.11. The van der Waals surface area contributed by atoms with Crippen LogP contribution in [0.4, 0.5) is 16.0 Å². The lowest BCUT2D eigenvalue weighted by Gasteiger charge is -2.36. The molecule has 1 saturated heterocycles. The van der Waals surface area contributed by atoms with Gasteiger partial charge in [-0.3, -0.25) is 0 Å². The van der Waals surface area contributed by atoms with Gasteiger partial charge in [0.1, 0.15) is 12.1 Å². The summed E-state index contributed by atoms with van der Waals surface area (Å²) in [5, 5.41) is 0. The van der Waals surface area contributed by atoms with E-state index in [-0.39, 0.29) is 5.82 Å². The highest BCUT2D eigenvalue weighted by molar-refractivity contribution is 9.10. The summed E-state index contributed by atoms with van der Waals surface area (Å²) in [4.78, 5) is 16.5. The zero-order valence-electron chi connectivity index (χ0n) is 12.0. The maximum Gasteiger partial charge on any atom is 0.218 e. The second-order valence-corrected chi connectivity index (χ2v) is 5.77. The lowest BCUT2D eigenvalue weighted by molar-refractivity contribution is 0.396. The monoisotopic (exact) mass is 367 g/mol. The van der Waals surface area contributed by atoms with Crippen LogP contribution in [-0.4, -0.2) is 48.2 Å². The predicted molar refractivity (Wildman–Crippen MR) is 84.9 cm³/mol. The standard InChI is InChI=1S/C14H15BrFN5O/c1-22-13-7-12(18-9-19-13)20-2-4-21(5-3-20)14-11(16)6-10(15)8-17-14/h6-9H,2-5H2,1H3. The fourth-order valence-corrected chi connectivity index (χ4v) is 2.71. The van der Waals surface area contributed by atoms with Crippen molar-refractivity contribution in [3.63, 3.8) is 0 Å². The molecule has 6 nitrogen and oxygen atoms in total. The molecule has 0 saturated carbocycles. The molecule has 0 aromatic carbocycles. The number of methoxy groups -OCH3 is 1. The van der Waals surface area contributed by atoms with Gasteiger partial charge in [0.15, 0.2) is 11.6 Å². The summed E-state index contributed by atoms with van der Waals surface area (Å²) in [6.07, 6.45) is 3.09. The number of nitrogens with zero attached hydrogens (tertiary/aromatic N) is 5. The zero-order chi connectivity index (χ0) is 15.5. The number of hydrogen-bond donors (Lipinski definition) is 0. The van der Waals surface area contributed by atoms with Gasteiger partial charge in [-0.15, -0.1) is 0 Å². The van der Waals surface area contributed by atoms with Gasteiger partial charge in [-0.2, -0.15) is 0 Å². The Balaban J connectivity index is 1.69. The summed E-state index contributed by atoms with van der Waals surface area (Å²) in [6.45, 7) is 2.82. The average molecular weight is 368 g/mol. The van der Waals surface area contributed by atoms with Crippen LogP contribution < -0.4 is 14.5 Å². The van der Waals surface area contributed by atoms with E-state index in [2.05, 4.69) is 35.8 Å². The summed E-state index contributed by atoms with van der Waals surface area (Å²) in [7, 11) is 1.58. The van der Waals surface area contributed by atoms with Crippen molar-refractivity contribution >= 4 is 27.6 Å². The summed E-state index contributed by atoms with van der Waals surface area (Å²) in [5.74, 6) is 1.43. The van der Waals surface area contributed by atoms with Crippen molar-refractivity contribution < 1.29 is 9.13 Å². The molecule has 0 aliphatic carbocycles. The number of rotatable bonds is 3. The van der Waals surface area contributed by atoms with E-state index in [0.717, 1.165) is 18.9 Å². The Kier molecular flexibility index (Phi) is 4.37. The van der Waals surface area contributed by atoms with E-state index in [1.54, 1.807) is 19.4 Å². The molecule has 0 spiro atoms. The Hall–Kier alpha value is -1.96. The molecule has 1 aliphatic rings. The largest absolute Gasteiger partial charge is 0.481 e. The molecule has 0 atom stereocenters. The fourth-order valence-electron chi connectivity index (χ4n) is 2.40. The number of piperazine rings is 1. The number of hydrogen-bond acceptors (Lipinski definition) is 6. The van der Waals surface area contributed by atoms with Crippen LogP contribution in [0.3, 0.4) is 0 Å². The SMILES string of the molecule is COc1cc(N2CCN(c3ncc(Br)cc3F)CC2)ncn1. The molecule has 2 aromatic rings. The Bertz CT molecular complexity index is 663. The molecular weight excluding hydrogens is 353 g/mol. The van der Waals surface area contributed by atoms with Gasteiger partial charge in [-0.05, 0) is 22.0 Å². The first kappa shape index (κ1) is 15.0. The van der Waals surface area contributed by atoms with E-state index in [1.165, 1.54) is 12.4 Å². The molecule has 1 aliphatic heterocycles. The van der Waals surface area contributed by atoms with Crippen LogP contribution >= 0.6 is 15.9 Å².